The molecule has 4 aliphatic heterocycles. The summed E-state index contributed by atoms with van der Waals surface area (Å²) in [5, 5.41) is 12.2. The summed E-state index contributed by atoms with van der Waals surface area (Å²) in [7, 11) is 0. The molecule has 4 saturated heterocycles. The third kappa shape index (κ3) is 2.62. The molecule has 0 unspecified atom stereocenters. The van der Waals surface area contributed by atoms with E-state index < -0.39 is 0 Å². The molecule has 25 heavy (non-hydrogen) atoms. The molecule has 132 valence electrons. The van der Waals surface area contributed by atoms with Crippen LogP contribution in [0.1, 0.15) is 34.8 Å². The standard InChI is InChI=1S/C21H26N2OS/c1-14-7-10-25-19(14)13-23-12-18(16-3-2-4-17(24)11-16)21-20(23)15-5-8-22(21)9-6-15/h2-4,7,10-11,15,18,20-21,24H,5-6,8-9,12-13H2,1H3/t18-,20+,21+/m1/s1. The number of phenolic OH excluding ortho intramolecular Hbond substituents is 1. The zero-order valence-corrected chi connectivity index (χ0v) is 15.6. The first-order chi connectivity index (χ1) is 12.2. The monoisotopic (exact) mass is 354 g/mol. The Hall–Kier alpha value is -1.36. The van der Waals surface area contributed by atoms with Crippen LogP contribution in [0.4, 0.5) is 0 Å². The van der Waals surface area contributed by atoms with E-state index in [9.17, 15) is 5.11 Å². The van der Waals surface area contributed by atoms with Crippen LogP contribution in [0, 0.1) is 12.8 Å². The number of thiophene rings is 1. The number of nitrogens with zero attached hydrogens (tertiary/aromatic N) is 2. The predicted octanol–water partition coefficient (Wildman–Crippen LogP) is 3.82. The molecule has 4 aliphatic rings. The first kappa shape index (κ1) is 15.9. The molecule has 2 aromatic rings. The summed E-state index contributed by atoms with van der Waals surface area (Å²) in [6, 6.07) is 11.5. The lowest BCUT2D eigenvalue weighted by Crippen LogP contribution is -2.59. The van der Waals surface area contributed by atoms with Gasteiger partial charge in [-0.05, 0) is 73.5 Å². The molecule has 4 heteroatoms. The van der Waals surface area contributed by atoms with Gasteiger partial charge in [0.1, 0.15) is 5.75 Å². The number of piperidine rings is 3. The Balaban J connectivity index is 1.50. The van der Waals surface area contributed by atoms with E-state index in [4.69, 9.17) is 0 Å². The summed E-state index contributed by atoms with van der Waals surface area (Å²) in [4.78, 5) is 7.02. The van der Waals surface area contributed by atoms with Crippen molar-refractivity contribution in [3.8, 4) is 5.75 Å². The highest BCUT2D eigenvalue weighted by atomic mass is 32.1. The minimum Gasteiger partial charge on any atom is -0.508 e. The molecule has 6 rings (SSSR count). The minimum atomic E-state index is 0.401. The Morgan fingerprint density at radius 2 is 2.00 bits per heavy atom. The summed E-state index contributed by atoms with van der Waals surface area (Å²) >= 11 is 1.90. The fourth-order valence-electron chi connectivity index (χ4n) is 5.52. The molecule has 4 fully saturated rings. The van der Waals surface area contributed by atoms with Gasteiger partial charge in [0.15, 0.2) is 0 Å². The maximum atomic E-state index is 9.99. The quantitative estimate of drug-likeness (QED) is 0.908. The molecule has 5 heterocycles. The van der Waals surface area contributed by atoms with Crippen LogP contribution in [0.2, 0.25) is 0 Å². The molecule has 3 atom stereocenters. The van der Waals surface area contributed by atoms with Gasteiger partial charge >= 0.3 is 0 Å². The molecule has 0 aliphatic carbocycles. The Labute approximate surface area is 153 Å². The number of fused-ring (bicyclic) bond motifs is 2. The van der Waals surface area contributed by atoms with Crippen LogP contribution in [0.15, 0.2) is 35.7 Å². The molecule has 1 aromatic carbocycles. The Morgan fingerprint density at radius 3 is 2.72 bits per heavy atom. The molecular weight excluding hydrogens is 328 g/mol. The van der Waals surface area contributed by atoms with Gasteiger partial charge in [0.25, 0.3) is 0 Å². The van der Waals surface area contributed by atoms with E-state index in [1.54, 1.807) is 6.07 Å². The summed E-state index contributed by atoms with van der Waals surface area (Å²) in [5.41, 5.74) is 2.75. The van der Waals surface area contributed by atoms with Crippen LogP contribution in [-0.4, -0.2) is 46.6 Å². The van der Waals surface area contributed by atoms with Crippen molar-refractivity contribution >= 4 is 11.3 Å². The first-order valence-electron chi connectivity index (χ1n) is 9.51. The lowest BCUT2D eigenvalue weighted by Gasteiger charge is -2.51. The van der Waals surface area contributed by atoms with Crippen molar-refractivity contribution in [3.63, 3.8) is 0 Å². The van der Waals surface area contributed by atoms with Crippen LogP contribution < -0.4 is 0 Å². The predicted molar refractivity (Wildman–Crippen MR) is 102 cm³/mol. The number of rotatable bonds is 3. The molecule has 1 N–H and O–H groups in total. The fraction of sp³-hybridized carbons (Fsp3) is 0.524. The van der Waals surface area contributed by atoms with Crippen molar-refractivity contribution in [1.29, 1.82) is 0 Å². The number of aryl methyl sites for hydroxylation is 1. The van der Waals surface area contributed by atoms with Crippen LogP contribution in [0.25, 0.3) is 0 Å². The second-order valence-corrected chi connectivity index (χ2v) is 9.01. The SMILES string of the molecule is Cc1ccsc1CN1C[C@H](c2cccc(O)c2)[C@H]2[C@@H]1C1CCN2CC1. The first-order valence-corrected chi connectivity index (χ1v) is 10.4. The van der Waals surface area contributed by atoms with Crippen molar-refractivity contribution in [2.45, 2.75) is 44.3 Å². The average Bonchev–Trinajstić information content (AvgIpc) is 3.22. The molecule has 0 amide bonds. The smallest absolute Gasteiger partial charge is 0.115 e. The molecular formula is C21H26N2OS. The number of phenols is 1. The van der Waals surface area contributed by atoms with Crippen LogP contribution in [0.3, 0.4) is 0 Å². The topological polar surface area (TPSA) is 26.7 Å². The average molecular weight is 355 g/mol. The summed E-state index contributed by atoms with van der Waals surface area (Å²) in [6.07, 6.45) is 2.71. The van der Waals surface area contributed by atoms with E-state index in [-0.39, 0.29) is 0 Å². The number of aromatic hydroxyl groups is 1. The van der Waals surface area contributed by atoms with Gasteiger partial charge in [0.2, 0.25) is 0 Å². The van der Waals surface area contributed by atoms with Gasteiger partial charge in [-0.25, -0.2) is 0 Å². The third-order valence-electron chi connectivity index (χ3n) is 6.71. The van der Waals surface area contributed by atoms with E-state index in [0.717, 1.165) is 19.0 Å². The number of hydrogen-bond donors (Lipinski definition) is 1. The van der Waals surface area contributed by atoms with Gasteiger partial charge in [0.05, 0.1) is 0 Å². The number of likely N-dealkylation sites (tertiary alicyclic amines) is 1. The largest absolute Gasteiger partial charge is 0.508 e. The molecule has 1 aromatic heterocycles. The van der Waals surface area contributed by atoms with Gasteiger partial charge in [-0.3, -0.25) is 9.80 Å². The Kier molecular flexibility index (Phi) is 3.88. The second kappa shape index (κ2) is 6.11. The summed E-state index contributed by atoms with van der Waals surface area (Å²) < 4.78 is 0. The Bertz CT molecular complexity index is 765. The lowest BCUT2D eigenvalue weighted by atomic mass is 9.75. The van der Waals surface area contributed by atoms with Crippen molar-refractivity contribution in [1.82, 2.24) is 9.80 Å². The van der Waals surface area contributed by atoms with Crippen molar-refractivity contribution in [3.05, 3.63) is 51.7 Å². The molecule has 2 bridgehead atoms. The zero-order chi connectivity index (χ0) is 17.0. The molecule has 0 saturated carbocycles. The lowest BCUT2D eigenvalue weighted by molar-refractivity contribution is -0.00849. The fourth-order valence-corrected chi connectivity index (χ4v) is 6.45. The Morgan fingerprint density at radius 1 is 1.16 bits per heavy atom. The van der Waals surface area contributed by atoms with E-state index in [1.165, 1.54) is 41.9 Å². The van der Waals surface area contributed by atoms with E-state index in [2.05, 4.69) is 34.2 Å². The minimum absolute atomic E-state index is 0.401. The van der Waals surface area contributed by atoms with Gasteiger partial charge in [-0.2, -0.15) is 0 Å². The summed E-state index contributed by atoms with van der Waals surface area (Å²) in [6.45, 7) is 6.95. The maximum Gasteiger partial charge on any atom is 0.115 e. The molecule has 0 spiro atoms. The molecule has 3 nitrogen and oxygen atoms in total. The van der Waals surface area contributed by atoms with Gasteiger partial charge in [-0.1, -0.05) is 12.1 Å². The second-order valence-electron chi connectivity index (χ2n) is 8.01. The van der Waals surface area contributed by atoms with Crippen LogP contribution >= 0.6 is 11.3 Å². The summed E-state index contributed by atoms with van der Waals surface area (Å²) in [5.74, 6) is 1.76. The zero-order valence-electron chi connectivity index (χ0n) is 14.8. The van der Waals surface area contributed by atoms with E-state index >= 15 is 0 Å². The van der Waals surface area contributed by atoms with E-state index in [0.29, 0.717) is 23.8 Å². The van der Waals surface area contributed by atoms with Gasteiger partial charge in [-0.15, -0.1) is 11.3 Å². The normalized spacial score (nSPS) is 34.4. The highest BCUT2D eigenvalue weighted by Crippen LogP contribution is 2.47. The van der Waals surface area contributed by atoms with Crippen molar-refractivity contribution < 1.29 is 5.11 Å². The maximum absolute atomic E-state index is 9.99. The van der Waals surface area contributed by atoms with Gasteiger partial charge < -0.3 is 5.11 Å². The van der Waals surface area contributed by atoms with E-state index in [1.807, 2.05) is 23.5 Å². The highest BCUT2D eigenvalue weighted by Gasteiger charge is 2.53. The number of hydrogen-bond acceptors (Lipinski definition) is 4. The van der Waals surface area contributed by atoms with Crippen molar-refractivity contribution in [2.75, 3.05) is 19.6 Å². The highest BCUT2D eigenvalue weighted by molar-refractivity contribution is 7.10. The van der Waals surface area contributed by atoms with Gasteiger partial charge in [0, 0.05) is 36.0 Å². The number of benzene rings is 1. The van der Waals surface area contributed by atoms with Crippen LogP contribution in [0.5, 0.6) is 5.75 Å². The van der Waals surface area contributed by atoms with Crippen LogP contribution in [-0.2, 0) is 6.54 Å². The third-order valence-corrected chi connectivity index (χ3v) is 7.71. The van der Waals surface area contributed by atoms with Crippen molar-refractivity contribution in [2.24, 2.45) is 5.92 Å². The molecule has 0 radical (unpaired) electrons.